The second kappa shape index (κ2) is 6.79. The van der Waals surface area contributed by atoms with Crippen LogP contribution in [0.5, 0.6) is 5.88 Å². The average Bonchev–Trinajstić information content (AvgIpc) is 3.09. The van der Waals surface area contributed by atoms with Gasteiger partial charge in [-0.25, -0.2) is 9.67 Å². The summed E-state index contributed by atoms with van der Waals surface area (Å²) in [5.74, 6) is -0.652. The van der Waals surface area contributed by atoms with Crippen LogP contribution in [-0.2, 0) is 0 Å². The normalized spacial score (nSPS) is 11.9. The molecule has 2 N–H and O–H groups in total. The van der Waals surface area contributed by atoms with Crippen molar-refractivity contribution in [3.8, 4) is 11.8 Å². The molecule has 24 heavy (non-hydrogen) atoms. The van der Waals surface area contributed by atoms with Crippen LogP contribution >= 0.6 is 15.9 Å². The zero-order valence-electron chi connectivity index (χ0n) is 12.7. The molecule has 0 unspecified atom stereocenters. The van der Waals surface area contributed by atoms with Crippen molar-refractivity contribution in [3.05, 3.63) is 64.5 Å². The Bertz CT molecular complexity index is 849. The van der Waals surface area contributed by atoms with E-state index in [9.17, 15) is 9.90 Å². The van der Waals surface area contributed by atoms with Gasteiger partial charge in [0.2, 0.25) is 5.88 Å². The quantitative estimate of drug-likeness (QED) is 0.717. The number of halogens is 1. The molecule has 0 fully saturated rings. The van der Waals surface area contributed by atoms with Crippen LogP contribution in [0, 0.1) is 0 Å². The number of carbonyl (C=O) groups excluding carboxylic acids is 1. The van der Waals surface area contributed by atoms with Gasteiger partial charge < -0.3 is 10.4 Å². The van der Waals surface area contributed by atoms with Gasteiger partial charge >= 0.3 is 0 Å². The van der Waals surface area contributed by atoms with Crippen molar-refractivity contribution < 1.29 is 9.90 Å². The number of carbonyl (C=O) groups is 1. The fourth-order valence-electron chi connectivity index (χ4n) is 2.13. The third kappa shape index (κ3) is 3.43. The summed E-state index contributed by atoms with van der Waals surface area (Å²) >= 11 is 3.37. The molecular formula is C16H14BrN5O2. The smallest absolute Gasteiger partial charge is 0.258 e. The number of hydrogen-bond acceptors (Lipinski definition) is 5. The van der Waals surface area contributed by atoms with Crippen molar-refractivity contribution in [2.24, 2.45) is 0 Å². The van der Waals surface area contributed by atoms with Gasteiger partial charge in [0.25, 0.3) is 11.9 Å². The number of hydrogen-bond donors (Lipinski definition) is 2. The zero-order chi connectivity index (χ0) is 17.1. The molecule has 0 aliphatic heterocycles. The topological polar surface area (TPSA) is 92.9 Å². The van der Waals surface area contributed by atoms with Gasteiger partial charge in [0.1, 0.15) is 5.56 Å². The Balaban J connectivity index is 1.76. The third-order valence-electron chi connectivity index (χ3n) is 3.43. The zero-order valence-corrected chi connectivity index (χ0v) is 14.3. The molecule has 0 saturated heterocycles. The molecule has 0 bridgehead atoms. The van der Waals surface area contributed by atoms with E-state index in [4.69, 9.17) is 0 Å². The first-order valence-electron chi connectivity index (χ1n) is 7.17. The number of benzene rings is 1. The maximum absolute atomic E-state index is 12.3. The van der Waals surface area contributed by atoms with Gasteiger partial charge in [0.05, 0.1) is 6.04 Å². The molecule has 1 amide bonds. The summed E-state index contributed by atoms with van der Waals surface area (Å²) in [6, 6.07) is 9.10. The average molecular weight is 388 g/mol. The molecule has 0 aliphatic carbocycles. The Morgan fingerprint density at radius 3 is 2.71 bits per heavy atom. The summed E-state index contributed by atoms with van der Waals surface area (Å²) in [7, 11) is 0. The molecule has 0 radical (unpaired) electrons. The summed E-state index contributed by atoms with van der Waals surface area (Å²) in [5, 5.41) is 16.8. The summed E-state index contributed by atoms with van der Waals surface area (Å²) in [5.41, 5.74) is 0.954. The lowest BCUT2D eigenvalue weighted by Crippen LogP contribution is -2.27. The molecule has 3 aromatic rings. The van der Waals surface area contributed by atoms with E-state index in [-0.39, 0.29) is 17.6 Å². The standard InChI is InChI=1S/C16H14BrN5O2/c1-10(11-3-5-12(17)6-4-11)20-14(23)13-9-18-16(21-15(13)24)22-8-2-7-19-22/h2-10H,1H3,(H,20,23)(H,18,21,24)/t10-/m0/s1. The van der Waals surface area contributed by atoms with E-state index in [0.717, 1.165) is 10.0 Å². The lowest BCUT2D eigenvalue weighted by molar-refractivity contribution is 0.0936. The molecule has 8 heteroatoms. The maximum Gasteiger partial charge on any atom is 0.258 e. The molecule has 122 valence electrons. The number of nitrogens with zero attached hydrogens (tertiary/aromatic N) is 4. The van der Waals surface area contributed by atoms with Crippen LogP contribution in [0.15, 0.2) is 53.4 Å². The van der Waals surface area contributed by atoms with Crippen LogP contribution in [0.25, 0.3) is 5.95 Å². The van der Waals surface area contributed by atoms with E-state index in [1.165, 1.54) is 10.9 Å². The number of amides is 1. The van der Waals surface area contributed by atoms with Crippen molar-refractivity contribution in [2.45, 2.75) is 13.0 Å². The molecule has 3 rings (SSSR count). The first-order chi connectivity index (χ1) is 11.5. The Morgan fingerprint density at radius 1 is 1.33 bits per heavy atom. The van der Waals surface area contributed by atoms with Gasteiger partial charge in [-0.1, -0.05) is 28.1 Å². The second-order valence-corrected chi connectivity index (χ2v) is 6.02. The van der Waals surface area contributed by atoms with Crippen molar-refractivity contribution in [1.82, 2.24) is 25.1 Å². The monoisotopic (exact) mass is 387 g/mol. The van der Waals surface area contributed by atoms with Gasteiger partial charge in [-0.15, -0.1) is 0 Å². The predicted octanol–water partition coefficient (Wildman–Crippen LogP) is 2.62. The number of aromatic hydroxyl groups is 1. The Hall–Kier alpha value is -2.74. The highest BCUT2D eigenvalue weighted by atomic mass is 79.9. The molecule has 0 aliphatic rings. The van der Waals surface area contributed by atoms with Crippen LogP contribution in [0.2, 0.25) is 0 Å². The summed E-state index contributed by atoms with van der Waals surface area (Å²) in [4.78, 5) is 20.3. The van der Waals surface area contributed by atoms with Crippen LogP contribution in [-0.4, -0.2) is 30.8 Å². The van der Waals surface area contributed by atoms with E-state index in [2.05, 4.69) is 36.3 Å². The van der Waals surface area contributed by atoms with Gasteiger partial charge in [0, 0.05) is 23.1 Å². The highest BCUT2D eigenvalue weighted by Crippen LogP contribution is 2.19. The molecule has 2 aromatic heterocycles. The van der Waals surface area contributed by atoms with Crippen LogP contribution < -0.4 is 5.32 Å². The minimum atomic E-state index is -0.449. The molecule has 0 saturated carbocycles. The first-order valence-corrected chi connectivity index (χ1v) is 7.96. The van der Waals surface area contributed by atoms with Crippen LogP contribution in [0.4, 0.5) is 0 Å². The van der Waals surface area contributed by atoms with Crippen molar-refractivity contribution in [3.63, 3.8) is 0 Å². The number of nitrogens with one attached hydrogen (secondary N) is 1. The minimum absolute atomic E-state index is 0.00914. The van der Waals surface area contributed by atoms with Crippen molar-refractivity contribution in [2.75, 3.05) is 0 Å². The SMILES string of the molecule is C[C@H](NC(=O)c1cnc(-n2cccn2)nc1O)c1ccc(Br)cc1. The Labute approximate surface area is 146 Å². The Kier molecular flexibility index (Phi) is 4.57. The van der Waals surface area contributed by atoms with Crippen molar-refractivity contribution in [1.29, 1.82) is 0 Å². The maximum atomic E-state index is 12.3. The number of rotatable bonds is 4. The second-order valence-electron chi connectivity index (χ2n) is 5.10. The largest absolute Gasteiger partial charge is 0.493 e. The van der Waals surface area contributed by atoms with E-state index >= 15 is 0 Å². The van der Waals surface area contributed by atoms with Gasteiger partial charge in [-0.3, -0.25) is 4.79 Å². The van der Waals surface area contributed by atoms with Crippen molar-refractivity contribution >= 4 is 21.8 Å². The molecule has 2 heterocycles. The predicted molar refractivity (Wildman–Crippen MR) is 90.8 cm³/mol. The van der Waals surface area contributed by atoms with E-state index in [1.807, 2.05) is 31.2 Å². The van der Waals surface area contributed by atoms with Gasteiger partial charge in [-0.2, -0.15) is 10.1 Å². The lowest BCUT2D eigenvalue weighted by atomic mass is 10.1. The lowest BCUT2D eigenvalue weighted by Gasteiger charge is -2.14. The highest BCUT2D eigenvalue weighted by Gasteiger charge is 2.17. The third-order valence-corrected chi connectivity index (χ3v) is 3.96. The number of aromatic nitrogens is 4. The van der Waals surface area contributed by atoms with Gasteiger partial charge in [0.15, 0.2) is 0 Å². The molecule has 7 nitrogen and oxygen atoms in total. The minimum Gasteiger partial charge on any atom is -0.493 e. The summed E-state index contributed by atoms with van der Waals surface area (Å²) < 4.78 is 2.36. The summed E-state index contributed by atoms with van der Waals surface area (Å²) in [6.45, 7) is 1.86. The molecule has 1 aromatic carbocycles. The van der Waals surface area contributed by atoms with Gasteiger partial charge in [-0.05, 0) is 30.7 Å². The van der Waals surface area contributed by atoms with Crippen LogP contribution in [0.3, 0.4) is 0 Å². The fourth-order valence-corrected chi connectivity index (χ4v) is 2.40. The van der Waals surface area contributed by atoms with E-state index in [0.29, 0.717) is 0 Å². The molecule has 1 atom stereocenters. The molecular weight excluding hydrogens is 374 g/mol. The first kappa shape index (κ1) is 16.1. The Morgan fingerprint density at radius 2 is 2.08 bits per heavy atom. The van der Waals surface area contributed by atoms with Crippen LogP contribution in [0.1, 0.15) is 28.9 Å². The molecule has 0 spiro atoms. The van der Waals surface area contributed by atoms with E-state index < -0.39 is 11.8 Å². The summed E-state index contributed by atoms with van der Waals surface area (Å²) in [6.07, 6.45) is 4.49. The highest BCUT2D eigenvalue weighted by molar-refractivity contribution is 9.10. The van der Waals surface area contributed by atoms with E-state index in [1.54, 1.807) is 18.5 Å². The fraction of sp³-hybridized carbons (Fsp3) is 0.125.